The van der Waals surface area contributed by atoms with Gasteiger partial charge < -0.3 is 14.8 Å². The molecule has 0 saturated heterocycles. The highest BCUT2D eigenvalue weighted by molar-refractivity contribution is 9.10. The first kappa shape index (κ1) is 17.3. The molecule has 0 bridgehead atoms. The molecule has 0 unspecified atom stereocenters. The first-order valence-corrected chi connectivity index (χ1v) is 8.12. The van der Waals surface area contributed by atoms with Gasteiger partial charge in [-0.2, -0.15) is 0 Å². The summed E-state index contributed by atoms with van der Waals surface area (Å²) in [7, 11) is 1.56. The van der Waals surface area contributed by atoms with Crippen molar-refractivity contribution in [3.63, 3.8) is 0 Å². The summed E-state index contributed by atoms with van der Waals surface area (Å²) in [6, 6.07) is 10.9. The van der Waals surface area contributed by atoms with E-state index in [-0.39, 0.29) is 12.0 Å². The normalized spacial score (nSPS) is 10.5. The smallest absolute Gasteiger partial charge is 0.255 e. The molecule has 1 amide bonds. The molecule has 0 spiro atoms. The molecule has 0 saturated carbocycles. The van der Waals surface area contributed by atoms with Crippen LogP contribution in [0.5, 0.6) is 11.5 Å². The van der Waals surface area contributed by atoms with Crippen LogP contribution in [0.15, 0.2) is 40.9 Å². The summed E-state index contributed by atoms with van der Waals surface area (Å²) in [6.45, 7) is 5.83. The fraction of sp³-hybridized carbons (Fsp3) is 0.278. The van der Waals surface area contributed by atoms with Crippen LogP contribution in [0.1, 0.15) is 29.8 Å². The second-order valence-electron chi connectivity index (χ2n) is 5.45. The molecule has 0 aromatic heterocycles. The van der Waals surface area contributed by atoms with Crippen LogP contribution in [0.25, 0.3) is 0 Å². The molecule has 122 valence electrons. The number of nitrogens with one attached hydrogen (secondary N) is 1. The number of anilines is 1. The highest BCUT2D eigenvalue weighted by Gasteiger charge is 2.13. The number of carbonyl (C=O) groups is 1. The molecule has 0 aliphatic carbocycles. The second-order valence-corrected chi connectivity index (χ2v) is 6.36. The molecule has 0 heterocycles. The van der Waals surface area contributed by atoms with Gasteiger partial charge in [-0.25, -0.2) is 0 Å². The monoisotopic (exact) mass is 377 g/mol. The molecule has 0 radical (unpaired) electrons. The Morgan fingerprint density at radius 3 is 2.52 bits per heavy atom. The third-order valence-electron chi connectivity index (χ3n) is 3.24. The van der Waals surface area contributed by atoms with Crippen molar-refractivity contribution in [3.8, 4) is 11.5 Å². The molecular weight excluding hydrogens is 358 g/mol. The van der Waals surface area contributed by atoms with E-state index in [0.29, 0.717) is 17.1 Å². The Kier molecular flexibility index (Phi) is 5.66. The SMILES string of the molecule is COc1cc(C(=O)Nc2cc(Br)ccc2C)ccc1OC(C)C. The average molecular weight is 378 g/mol. The predicted octanol–water partition coefficient (Wildman–Crippen LogP) is 4.81. The average Bonchev–Trinajstić information content (AvgIpc) is 2.50. The summed E-state index contributed by atoms with van der Waals surface area (Å²) in [5, 5.41) is 2.91. The van der Waals surface area contributed by atoms with Gasteiger partial charge in [-0.05, 0) is 56.7 Å². The van der Waals surface area contributed by atoms with E-state index in [1.54, 1.807) is 25.3 Å². The molecule has 2 aromatic carbocycles. The van der Waals surface area contributed by atoms with Crippen LogP contribution in [0.4, 0.5) is 5.69 Å². The lowest BCUT2D eigenvalue weighted by molar-refractivity contribution is 0.102. The van der Waals surface area contributed by atoms with Gasteiger partial charge in [0.25, 0.3) is 5.91 Å². The Morgan fingerprint density at radius 2 is 1.87 bits per heavy atom. The van der Waals surface area contributed by atoms with E-state index in [1.807, 2.05) is 39.0 Å². The second kappa shape index (κ2) is 7.51. The van der Waals surface area contributed by atoms with Crippen molar-refractivity contribution >= 4 is 27.5 Å². The molecule has 2 rings (SSSR count). The summed E-state index contributed by atoms with van der Waals surface area (Å²) < 4.78 is 11.9. The van der Waals surface area contributed by atoms with Crippen LogP contribution in [-0.4, -0.2) is 19.1 Å². The van der Waals surface area contributed by atoms with Crippen molar-refractivity contribution in [1.82, 2.24) is 0 Å². The highest BCUT2D eigenvalue weighted by atomic mass is 79.9. The maximum atomic E-state index is 12.5. The third kappa shape index (κ3) is 4.48. The van der Waals surface area contributed by atoms with Crippen molar-refractivity contribution in [3.05, 3.63) is 52.0 Å². The van der Waals surface area contributed by atoms with Gasteiger partial charge in [0, 0.05) is 15.7 Å². The number of ether oxygens (including phenoxy) is 2. The lowest BCUT2D eigenvalue weighted by Gasteiger charge is -2.15. The Labute approximate surface area is 144 Å². The number of rotatable bonds is 5. The summed E-state index contributed by atoms with van der Waals surface area (Å²) in [6.07, 6.45) is 0.0351. The van der Waals surface area contributed by atoms with Crippen molar-refractivity contribution < 1.29 is 14.3 Å². The molecule has 0 fully saturated rings. The van der Waals surface area contributed by atoms with E-state index in [9.17, 15) is 4.79 Å². The van der Waals surface area contributed by atoms with Gasteiger partial charge >= 0.3 is 0 Å². The lowest BCUT2D eigenvalue weighted by atomic mass is 10.1. The number of amides is 1. The zero-order valence-corrected chi connectivity index (χ0v) is 15.2. The molecule has 1 N–H and O–H groups in total. The molecule has 2 aromatic rings. The summed E-state index contributed by atoms with van der Waals surface area (Å²) in [4.78, 5) is 12.5. The topological polar surface area (TPSA) is 47.6 Å². The third-order valence-corrected chi connectivity index (χ3v) is 3.73. The van der Waals surface area contributed by atoms with Crippen molar-refractivity contribution in [1.29, 1.82) is 0 Å². The van der Waals surface area contributed by atoms with Crippen molar-refractivity contribution in [2.45, 2.75) is 26.9 Å². The summed E-state index contributed by atoms with van der Waals surface area (Å²) >= 11 is 3.41. The number of halogens is 1. The van der Waals surface area contributed by atoms with E-state index < -0.39 is 0 Å². The number of benzene rings is 2. The molecule has 23 heavy (non-hydrogen) atoms. The number of methoxy groups -OCH3 is 1. The largest absolute Gasteiger partial charge is 0.493 e. The van der Waals surface area contributed by atoms with E-state index in [2.05, 4.69) is 21.2 Å². The first-order chi connectivity index (χ1) is 10.9. The minimum atomic E-state index is -0.194. The minimum absolute atomic E-state index is 0.0351. The minimum Gasteiger partial charge on any atom is -0.493 e. The molecular formula is C18H20BrNO3. The first-order valence-electron chi connectivity index (χ1n) is 7.33. The zero-order valence-electron chi connectivity index (χ0n) is 13.6. The van der Waals surface area contributed by atoms with Crippen LogP contribution < -0.4 is 14.8 Å². The lowest BCUT2D eigenvalue weighted by Crippen LogP contribution is -2.13. The number of carbonyl (C=O) groups excluding carboxylic acids is 1. The number of hydrogen-bond donors (Lipinski definition) is 1. The van der Waals surface area contributed by atoms with Crippen molar-refractivity contribution in [2.75, 3.05) is 12.4 Å². The quantitative estimate of drug-likeness (QED) is 0.813. The van der Waals surface area contributed by atoms with Crippen molar-refractivity contribution in [2.24, 2.45) is 0 Å². The number of hydrogen-bond acceptors (Lipinski definition) is 3. The number of aryl methyl sites for hydroxylation is 1. The van der Waals surface area contributed by atoms with Crippen LogP contribution in [0.3, 0.4) is 0 Å². The van der Waals surface area contributed by atoms with Crippen LogP contribution in [0, 0.1) is 6.92 Å². The molecule has 0 atom stereocenters. The maximum absolute atomic E-state index is 12.5. The Hall–Kier alpha value is -2.01. The van der Waals surface area contributed by atoms with Gasteiger partial charge in [-0.3, -0.25) is 4.79 Å². The van der Waals surface area contributed by atoms with Crippen LogP contribution in [-0.2, 0) is 0 Å². The van der Waals surface area contributed by atoms with Crippen LogP contribution >= 0.6 is 15.9 Å². The molecule has 4 nitrogen and oxygen atoms in total. The van der Waals surface area contributed by atoms with Gasteiger partial charge in [0.2, 0.25) is 0 Å². The highest BCUT2D eigenvalue weighted by Crippen LogP contribution is 2.29. The van der Waals surface area contributed by atoms with Gasteiger partial charge in [0.15, 0.2) is 11.5 Å². The van der Waals surface area contributed by atoms with Gasteiger partial charge in [0.05, 0.1) is 13.2 Å². The van der Waals surface area contributed by atoms with E-state index >= 15 is 0 Å². The Morgan fingerprint density at radius 1 is 1.13 bits per heavy atom. The fourth-order valence-electron chi connectivity index (χ4n) is 2.08. The molecule has 0 aliphatic rings. The Balaban J connectivity index is 2.24. The predicted molar refractivity (Wildman–Crippen MR) is 95.6 cm³/mol. The molecule has 5 heteroatoms. The van der Waals surface area contributed by atoms with Gasteiger partial charge in [-0.1, -0.05) is 22.0 Å². The van der Waals surface area contributed by atoms with E-state index in [1.165, 1.54) is 0 Å². The van der Waals surface area contributed by atoms with E-state index in [0.717, 1.165) is 15.7 Å². The van der Waals surface area contributed by atoms with Gasteiger partial charge in [0.1, 0.15) is 0 Å². The Bertz CT molecular complexity index is 713. The fourth-order valence-corrected chi connectivity index (χ4v) is 2.44. The summed E-state index contributed by atoms with van der Waals surface area (Å²) in [5.74, 6) is 0.968. The van der Waals surface area contributed by atoms with Gasteiger partial charge in [-0.15, -0.1) is 0 Å². The molecule has 0 aliphatic heterocycles. The zero-order chi connectivity index (χ0) is 17.0. The van der Waals surface area contributed by atoms with Crippen LogP contribution in [0.2, 0.25) is 0 Å². The standard InChI is InChI=1S/C18H20BrNO3/c1-11(2)23-16-8-6-13(9-17(16)22-4)18(21)20-15-10-14(19)7-5-12(15)3/h5-11H,1-4H3,(H,20,21). The maximum Gasteiger partial charge on any atom is 0.255 e. The summed E-state index contributed by atoms with van der Waals surface area (Å²) in [5.41, 5.74) is 2.27. The van der Waals surface area contributed by atoms with E-state index in [4.69, 9.17) is 9.47 Å².